The average molecular weight is 345 g/mol. The van der Waals surface area contributed by atoms with E-state index in [2.05, 4.69) is 40.1 Å². The van der Waals surface area contributed by atoms with Crippen LogP contribution in [0.15, 0.2) is 30.3 Å². The highest BCUT2D eigenvalue weighted by molar-refractivity contribution is 5.81. The van der Waals surface area contributed by atoms with Crippen LogP contribution in [-0.2, 0) is 20.8 Å². The largest absolute Gasteiger partial charge is 0.369 e. The van der Waals surface area contributed by atoms with Gasteiger partial charge in [-0.1, -0.05) is 30.3 Å². The van der Waals surface area contributed by atoms with E-state index in [-0.39, 0.29) is 17.6 Å². The predicted molar refractivity (Wildman–Crippen MR) is 94.0 cm³/mol. The van der Waals surface area contributed by atoms with Crippen LogP contribution in [0.25, 0.3) is 0 Å². The molecule has 1 aromatic carbocycles. The summed E-state index contributed by atoms with van der Waals surface area (Å²) in [6.07, 6.45) is 1.99. The van der Waals surface area contributed by atoms with Crippen LogP contribution in [0.3, 0.4) is 0 Å². The van der Waals surface area contributed by atoms with Gasteiger partial charge in [0.05, 0.1) is 19.8 Å². The maximum absolute atomic E-state index is 12.5. The lowest BCUT2D eigenvalue weighted by molar-refractivity contribution is -0.211. The van der Waals surface area contributed by atoms with Crippen LogP contribution in [0.5, 0.6) is 0 Å². The molecule has 3 aliphatic heterocycles. The molecule has 4 rings (SSSR count). The van der Waals surface area contributed by atoms with Crippen molar-refractivity contribution in [3.05, 3.63) is 35.9 Å². The molecule has 0 N–H and O–H groups in total. The Morgan fingerprint density at radius 3 is 2.72 bits per heavy atom. The minimum absolute atomic E-state index is 0.0371. The van der Waals surface area contributed by atoms with Gasteiger partial charge < -0.3 is 4.74 Å². The van der Waals surface area contributed by atoms with Gasteiger partial charge in [0.15, 0.2) is 0 Å². The Balaban J connectivity index is 1.25. The third-order valence-corrected chi connectivity index (χ3v) is 5.48. The van der Waals surface area contributed by atoms with E-state index in [1.165, 1.54) is 10.6 Å². The third kappa shape index (κ3) is 3.58. The first-order chi connectivity index (χ1) is 12.2. The number of hydroxylamine groups is 2. The van der Waals surface area contributed by atoms with Crippen molar-refractivity contribution in [2.45, 2.75) is 24.5 Å². The van der Waals surface area contributed by atoms with Gasteiger partial charge in [0.25, 0.3) is 5.91 Å². The Hall–Kier alpha value is -1.47. The van der Waals surface area contributed by atoms with Crippen molar-refractivity contribution in [2.24, 2.45) is 0 Å². The van der Waals surface area contributed by atoms with Crippen LogP contribution in [0.4, 0.5) is 0 Å². The molecule has 0 radical (unpaired) electrons. The number of rotatable bonds is 4. The second-order valence-corrected chi connectivity index (χ2v) is 7.50. The van der Waals surface area contributed by atoms with Gasteiger partial charge in [-0.2, -0.15) is 0 Å². The topological polar surface area (TPSA) is 45.2 Å². The van der Waals surface area contributed by atoms with Gasteiger partial charge in [-0.05, 0) is 25.5 Å². The molecule has 1 unspecified atom stereocenters. The van der Waals surface area contributed by atoms with E-state index in [0.717, 1.165) is 39.0 Å². The molecule has 1 aromatic rings. The van der Waals surface area contributed by atoms with E-state index in [9.17, 15) is 4.79 Å². The van der Waals surface area contributed by atoms with Crippen molar-refractivity contribution in [1.29, 1.82) is 0 Å². The Kier molecular flexibility index (Phi) is 4.78. The molecule has 1 spiro atoms. The number of carbonyl (C=O) groups is 1. The summed E-state index contributed by atoms with van der Waals surface area (Å²) in [5.74, 6) is 0.0371. The van der Waals surface area contributed by atoms with Crippen molar-refractivity contribution in [2.75, 3.05) is 53.0 Å². The number of nitrogens with zero attached hydrogens (tertiary/aromatic N) is 3. The highest BCUT2D eigenvalue weighted by Crippen LogP contribution is 2.31. The molecule has 0 aliphatic carbocycles. The summed E-state index contributed by atoms with van der Waals surface area (Å²) in [4.78, 5) is 22.5. The standard InChI is InChI=1S/C19H27N3O3/c1-20-13-19(24-12-17(20)18(23)22-9-5-11-25-22)14-21(15-19)10-8-16-6-3-2-4-7-16/h2-4,6-7,17H,5,8-15H2,1H3. The molecule has 6 heteroatoms. The number of ether oxygens (including phenoxy) is 1. The lowest BCUT2D eigenvalue weighted by atomic mass is 9.90. The Labute approximate surface area is 149 Å². The van der Waals surface area contributed by atoms with Gasteiger partial charge in [0.1, 0.15) is 11.6 Å². The summed E-state index contributed by atoms with van der Waals surface area (Å²) in [5.41, 5.74) is 1.27. The van der Waals surface area contributed by atoms with Gasteiger partial charge in [-0.3, -0.25) is 19.4 Å². The molecule has 6 nitrogen and oxygen atoms in total. The van der Waals surface area contributed by atoms with E-state index < -0.39 is 0 Å². The number of carbonyl (C=O) groups excluding carboxylic acids is 1. The molecule has 25 heavy (non-hydrogen) atoms. The Morgan fingerprint density at radius 1 is 1.24 bits per heavy atom. The molecule has 0 aromatic heterocycles. The fourth-order valence-electron chi connectivity index (χ4n) is 4.09. The number of hydrogen-bond donors (Lipinski definition) is 0. The summed E-state index contributed by atoms with van der Waals surface area (Å²) in [5, 5.41) is 1.51. The Morgan fingerprint density at radius 2 is 2.04 bits per heavy atom. The van der Waals surface area contributed by atoms with Gasteiger partial charge in [0, 0.05) is 26.2 Å². The molecule has 3 saturated heterocycles. The first-order valence-electron chi connectivity index (χ1n) is 9.20. The highest BCUT2D eigenvalue weighted by Gasteiger charge is 2.50. The van der Waals surface area contributed by atoms with Crippen molar-refractivity contribution < 1.29 is 14.4 Å². The maximum Gasteiger partial charge on any atom is 0.265 e. The summed E-state index contributed by atoms with van der Waals surface area (Å²) in [6, 6.07) is 10.4. The predicted octanol–water partition coefficient (Wildman–Crippen LogP) is 0.778. The fourth-order valence-corrected chi connectivity index (χ4v) is 4.09. The van der Waals surface area contributed by atoms with Crippen LogP contribution in [-0.4, -0.2) is 85.4 Å². The minimum Gasteiger partial charge on any atom is -0.369 e. The van der Waals surface area contributed by atoms with Crippen LogP contribution in [0, 0.1) is 0 Å². The molecule has 0 saturated carbocycles. The van der Waals surface area contributed by atoms with E-state index >= 15 is 0 Å². The second-order valence-electron chi connectivity index (χ2n) is 7.50. The number of likely N-dealkylation sites (N-methyl/N-ethyl adjacent to an activating group) is 1. The van der Waals surface area contributed by atoms with Crippen LogP contribution < -0.4 is 0 Å². The smallest absolute Gasteiger partial charge is 0.265 e. The van der Waals surface area contributed by atoms with Crippen molar-refractivity contribution in [3.63, 3.8) is 0 Å². The average Bonchev–Trinajstić information content (AvgIpc) is 3.13. The zero-order valence-electron chi connectivity index (χ0n) is 14.9. The molecule has 0 bridgehead atoms. The van der Waals surface area contributed by atoms with Gasteiger partial charge in [-0.15, -0.1) is 0 Å². The SMILES string of the molecule is CN1CC2(CN(CCc3ccccc3)C2)OCC1C(=O)N1CCCO1. The quantitative estimate of drug-likeness (QED) is 0.807. The summed E-state index contributed by atoms with van der Waals surface area (Å²) in [6.45, 7) is 5.56. The van der Waals surface area contributed by atoms with Crippen molar-refractivity contribution >= 4 is 5.91 Å². The normalized spacial score (nSPS) is 26.8. The molecule has 3 aliphatic rings. The van der Waals surface area contributed by atoms with E-state index in [1.54, 1.807) is 0 Å². The zero-order chi connectivity index (χ0) is 17.3. The molecule has 3 fully saturated rings. The third-order valence-electron chi connectivity index (χ3n) is 5.48. The molecule has 136 valence electrons. The van der Waals surface area contributed by atoms with Crippen molar-refractivity contribution in [1.82, 2.24) is 14.9 Å². The van der Waals surface area contributed by atoms with Gasteiger partial charge >= 0.3 is 0 Å². The minimum atomic E-state index is -0.220. The van der Waals surface area contributed by atoms with Gasteiger partial charge in [0.2, 0.25) is 0 Å². The lowest BCUT2D eigenvalue weighted by Gasteiger charge is -2.55. The number of hydrogen-bond acceptors (Lipinski definition) is 5. The number of morpholine rings is 1. The molecule has 1 atom stereocenters. The zero-order valence-corrected chi connectivity index (χ0v) is 14.9. The number of benzene rings is 1. The van der Waals surface area contributed by atoms with E-state index in [1.807, 2.05) is 7.05 Å². The molecule has 3 heterocycles. The second kappa shape index (κ2) is 7.03. The molecule has 1 amide bonds. The Bertz CT molecular complexity index is 597. The number of likely N-dealkylation sites (tertiary alicyclic amines) is 1. The summed E-state index contributed by atoms with van der Waals surface area (Å²) < 4.78 is 6.16. The summed E-state index contributed by atoms with van der Waals surface area (Å²) >= 11 is 0. The summed E-state index contributed by atoms with van der Waals surface area (Å²) in [7, 11) is 2.02. The maximum atomic E-state index is 12.5. The van der Waals surface area contributed by atoms with Crippen LogP contribution in [0.1, 0.15) is 12.0 Å². The van der Waals surface area contributed by atoms with E-state index in [4.69, 9.17) is 9.57 Å². The van der Waals surface area contributed by atoms with Crippen molar-refractivity contribution in [3.8, 4) is 0 Å². The number of amides is 1. The first-order valence-corrected chi connectivity index (χ1v) is 9.20. The molecular formula is C19H27N3O3. The van der Waals surface area contributed by atoms with Crippen LogP contribution in [0.2, 0.25) is 0 Å². The highest BCUT2D eigenvalue weighted by atomic mass is 16.7. The fraction of sp³-hybridized carbons (Fsp3) is 0.632. The lowest BCUT2D eigenvalue weighted by Crippen LogP contribution is -2.72. The molecular weight excluding hydrogens is 318 g/mol. The van der Waals surface area contributed by atoms with Crippen LogP contribution >= 0.6 is 0 Å². The first kappa shape index (κ1) is 17.0. The monoisotopic (exact) mass is 345 g/mol. The van der Waals surface area contributed by atoms with E-state index in [0.29, 0.717) is 19.8 Å². The van der Waals surface area contributed by atoms with Gasteiger partial charge in [-0.25, -0.2) is 5.06 Å².